The molecular weight excluding hydrogens is 422 g/mol. The number of anilines is 1. The van der Waals surface area contributed by atoms with Gasteiger partial charge in [-0.2, -0.15) is 4.31 Å². The van der Waals surface area contributed by atoms with Gasteiger partial charge in [0.05, 0.1) is 22.7 Å². The Hall–Kier alpha value is -2.36. The van der Waals surface area contributed by atoms with Crippen LogP contribution in [0.15, 0.2) is 58.3 Å². The number of sulfonamides is 1. The van der Waals surface area contributed by atoms with Gasteiger partial charge in [0.25, 0.3) is 5.91 Å². The van der Waals surface area contributed by atoms with Gasteiger partial charge >= 0.3 is 0 Å². The highest BCUT2D eigenvalue weighted by atomic mass is 32.2. The van der Waals surface area contributed by atoms with Gasteiger partial charge in [0, 0.05) is 18.0 Å². The molecule has 9 heteroatoms. The molecule has 1 atom stereocenters. The van der Waals surface area contributed by atoms with E-state index < -0.39 is 15.9 Å². The highest BCUT2D eigenvalue weighted by Gasteiger charge is 2.23. The van der Waals surface area contributed by atoms with E-state index in [1.165, 1.54) is 30.9 Å². The van der Waals surface area contributed by atoms with Crippen molar-refractivity contribution in [1.82, 2.24) is 9.62 Å². The number of rotatable bonds is 9. The average Bonchev–Trinajstić information content (AvgIpc) is 2.73. The first-order valence-electron chi connectivity index (χ1n) is 9.49. The molecule has 0 radical (unpaired) electrons. The fourth-order valence-corrected chi connectivity index (χ4v) is 4.13. The van der Waals surface area contributed by atoms with E-state index in [0.717, 1.165) is 15.6 Å². The minimum absolute atomic E-state index is 0.00460. The van der Waals surface area contributed by atoms with Crippen molar-refractivity contribution in [2.75, 3.05) is 25.2 Å². The van der Waals surface area contributed by atoms with Crippen molar-refractivity contribution in [2.45, 2.75) is 36.1 Å². The largest absolute Gasteiger partial charge is 0.350 e. The van der Waals surface area contributed by atoms with Gasteiger partial charge in [0.15, 0.2) is 0 Å². The topological polar surface area (TPSA) is 95.6 Å². The minimum Gasteiger partial charge on any atom is -0.350 e. The van der Waals surface area contributed by atoms with Crippen molar-refractivity contribution in [3.8, 4) is 0 Å². The molecule has 2 aromatic rings. The SMILES string of the molecule is CCC(C)NC(=O)c1ccccc1NC(=O)CN(C)S(=O)(=O)c1ccc(SC)cc1. The van der Waals surface area contributed by atoms with Crippen molar-refractivity contribution in [2.24, 2.45) is 0 Å². The number of carbonyl (C=O) groups excluding carboxylic acids is 2. The second kappa shape index (κ2) is 10.6. The van der Waals surface area contributed by atoms with Crippen LogP contribution in [0.5, 0.6) is 0 Å². The molecule has 0 saturated heterocycles. The van der Waals surface area contributed by atoms with Crippen LogP contribution in [0.3, 0.4) is 0 Å². The van der Waals surface area contributed by atoms with E-state index in [1.807, 2.05) is 20.1 Å². The van der Waals surface area contributed by atoms with Gasteiger partial charge in [-0.05, 0) is 56.0 Å². The maximum absolute atomic E-state index is 12.7. The molecule has 2 aromatic carbocycles. The Balaban J connectivity index is 2.10. The maximum Gasteiger partial charge on any atom is 0.253 e. The smallest absolute Gasteiger partial charge is 0.253 e. The summed E-state index contributed by atoms with van der Waals surface area (Å²) in [7, 11) is -2.47. The quantitative estimate of drug-likeness (QED) is 0.573. The third kappa shape index (κ3) is 6.07. The summed E-state index contributed by atoms with van der Waals surface area (Å²) in [6.07, 6.45) is 2.68. The minimum atomic E-state index is -3.81. The Kier molecular flexibility index (Phi) is 8.45. The third-order valence-corrected chi connectivity index (χ3v) is 7.13. The summed E-state index contributed by atoms with van der Waals surface area (Å²) in [5.74, 6) is -0.833. The number of hydrogen-bond acceptors (Lipinski definition) is 5. The van der Waals surface area contributed by atoms with Crippen LogP contribution in [0.25, 0.3) is 0 Å². The van der Waals surface area contributed by atoms with Crippen LogP contribution >= 0.6 is 11.8 Å². The summed E-state index contributed by atoms with van der Waals surface area (Å²) in [6, 6.07) is 13.1. The zero-order valence-corrected chi connectivity index (χ0v) is 19.1. The van der Waals surface area contributed by atoms with E-state index in [1.54, 1.807) is 36.4 Å². The predicted octanol–water partition coefficient (Wildman–Crippen LogP) is 3.20. The van der Waals surface area contributed by atoms with Gasteiger partial charge in [0.1, 0.15) is 0 Å². The molecule has 0 fully saturated rings. The summed E-state index contributed by atoms with van der Waals surface area (Å²) in [6.45, 7) is 3.47. The second-order valence-electron chi connectivity index (χ2n) is 6.81. The van der Waals surface area contributed by atoms with Gasteiger partial charge in [-0.15, -0.1) is 11.8 Å². The lowest BCUT2D eigenvalue weighted by molar-refractivity contribution is -0.116. The number of hydrogen-bond donors (Lipinski definition) is 2. The molecule has 162 valence electrons. The number of para-hydroxylation sites is 1. The molecular formula is C21H27N3O4S2. The molecule has 0 bridgehead atoms. The first kappa shape index (κ1) is 23.9. The molecule has 2 amide bonds. The molecule has 0 aromatic heterocycles. The first-order chi connectivity index (χ1) is 14.2. The van der Waals surface area contributed by atoms with Crippen LogP contribution in [0.1, 0.15) is 30.6 Å². The maximum atomic E-state index is 12.7. The zero-order valence-electron chi connectivity index (χ0n) is 17.5. The van der Waals surface area contributed by atoms with Gasteiger partial charge in [-0.1, -0.05) is 19.1 Å². The molecule has 0 aliphatic carbocycles. The number of nitrogens with zero attached hydrogens (tertiary/aromatic N) is 1. The normalized spacial score (nSPS) is 12.4. The molecule has 30 heavy (non-hydrogen) atoms. The van der Waals surface area contributed by atoms with Crippen molar-refractivity contribution in [3.05, 3.63) is 54.1 Å². The Labute approximate surface area is 182 Å². The Morgan fingerprint density at radius 2 is 1.73 bits per heavy atom. The van der Waals surface area contributed by atoms with Crippen molar-refractivity contribution >= 4 is 39.3 Å². The number of amides is 2. The van der Waals surface area contributed by atoms with Gasteiger partial charge in [0.2, 0.25) is 15.9 Å². The number of benzene rings is 2. The molecule has 0 spiro atoms. The van der Waals surface area contributed by atoms with E-state index in [-0.39, 0.29) is 23.4 Å². The first-order valence-corrected chi connectivity index (χ1v) is 12.2. The molecule has 0 saturated carbocycles. The van der Waals surface area contributed by atoms with Gasteiger partial charge in [-0.25, -0.2) is 8.42 Å². The van der Waals surface area contributed by atoms with Crippen LogP contribution in [-0.2, 0) is 14.8 Å². The number of thioether (sulfide) groups is 1. The van der Waals surface area contributed by atoms with Crippen LogP contribution < -0.4 is 10.6 Å². The van der Waals surface area contributed by atoms with Crippen molar-refractivity contribution in [1.29, 1.82) is 0 Å². The lowest BCUT2D eigenvalue weighted by atomic mass is 10.1. The summed E-state index contributed by atoms with van der Waals surface area (Å²) in [5.41, 5.74) is 0.655. The van der Waals surface area contributed by atoms with Gasteiger partial charge < -0.3 is 10.6 Å². The fraction of sp³-hybridized carbons (Fsp3) is 0.333. The van der Waals surface area contributed by atoms with Crippen LogP contribution in [0.4, 0.5) is 5.69 Å². The molecule has 2 N–H and O–H groups in total. The van der Waals surface area contributed by atoms with E-state index >= 15 is 0 Å². The summed E-state index contributed by atoms with van der Waals surface area (Å²) < 4.78 is 26.4. The van der Waals surface area contributed by atoms with Gasteiger partial charge in [-0.3, -0.25) is 9.59 Å². The zero-order chi connectivity index (χ0) is 22.3. The van der Waals surface area contributed by atoms with Crippen molar-refractivity contribution in [3.63, 3.8) is 0 Å². The van der Waals surface area contributed by atoms with E-state index in [4.69, 9.17) is 0 Å². The number of nitrogens with one attached hydrogen (secondary N) is 2. The number of carbonyl (C=O) groups is 2. The van der Waals surface area contributed by atoms with Crippen LogP contribution in [-0.4, -0.2) is 50.4 Å². The summed E-state index contributed by atoms with van der Waals surface area (Å²) in [5, 5.41) is 5.50. The number of likely N-dealkylation sites (N-methyl/N-ethyl adjacent to an activating group) is 1. The van der Waals surface area contributed by atoms with E-state index in [9.17, 15) is 18.0 Å². The lowest BCUT2D eigenvalue weighted by Gasteiger charge is -2.18. The molecule has 1 unspecified atom stereocenters. The average molecular weight is 450 g/mol. The molecule has 0 aliphatic rings. The monoisotopic (exact) mass is 449 g/mol. The molecule has 0 aliphatic heterocycles. The van der Waals surface area contributed by atoms with Crippen LogP contribution in [0, 0.1) is 0 Å². The standard InChI is InChI=1S/C21H27N3O4S2/c1-5-15(2)22-21(26)18-8-6-7-9-19(18)23-20(25)14-24(3)30(27,28)17-12-10-16(29-4)11-13-17/h6-13,15H,5,14H2,1-4H3,(H,22,26)(H,23,25). The van der Waals surface area contributed by atoms with E-state index in [0.29, 0.717) is 11.3 Å². The second-order valence-corrected chi connectivity index (χ2v) is 9.74. The highest BCUT2D eigenvalue weighted by molar-refractivity contribution is 7.98. The Morgan fingerprint density at radius 3 is 2.33 bits per heavy atom. The molecule has 7 nitrogen and oxygen atoms in total. The summed E-state index contributed by atoms with van der Waals surface area (Å²) >= 11 is 1.51. The molecule has 2 rings (SSSR count). The van der Waals surface area contributed by atoms with Crippen LogP contribution in [0.2, 0.25) is 0 Å². The Bertz CT molecular complexity index is 992. The predicted molar refractivity (Wildman–Crippen MR) is 120 cm³/mol. The summed E-state index contributed by atoms with van der Waals surface area (Å²) in [4.78, 5) is 26.0. The Morgan fingerprint density at radius 1 is 1.10 bits per heavy atom. The van der Waals surface area contributed by atoms with E-state index in [2.05, 4.69) is 10.6 Å². The molecule has 0 heterocycles. The fourth-order valence-electron chi connectivity index (χ4n) is 2.60. The lowest BCUT2D eigenvalue weighted by Crippen LogP contribution is -2.36. The highest BCUT2D eigenvalue weighted by Crippen LogP contribution is 2.20. The van der Waals surface area contributed by atoms with Crippen molar-refractivity contribution < 1.29 is 18.0 Å². The third-order valence-electron chi connectivity index (χ3n) is 4.57.